The molecule has 1 rings (SSSR count). The summed E-state index contributed by atoms with van der Waals surface area (Å²) in [5.41, 5.74) is 0. The summed E-state index contributed by atoms with van der Waals surface area (Å²) in [5.74, 6) is -2.36. The second kappa shape index (κ2) is 18.3. The van der Waals surface area contributed by atoms with E-state index in [0.717, 1.165) is 25.5 Å². The van der Waals surface area contributed by atoms with Crippen LogP contribution in [0.2, 0.25) is 0 Å². The predicted octanol–water partition coefficient (Wildman–Crippen LogP) is 3.98. The standard InChI is InChI=1S/C26H45FN2O6/c1-3-4-5-6-7-8-9-10-11-12-13-14-15-34-26(33)22-16-20(17-28)24(29-19(2)31)25(35-22)23(27)21(32)18-30/h16-17,20-21,23-25,28,30,32H,3-15,18H2,1-2H3,(H,29,31). The van der Waals surface area contributed by atoms with Crippen molar-refractivity contribution in [2.24, 2.45) is 5.92 Å². The van der Waals surface area contributed by atoms with E-state index in [0.29, 0.717) is 6.42 Å². The molecule has 9 heteroatoms. The van der Waals surface area contributed by atoms with Crippen LogP contribution in [0.5, 0.6) is 0 Å². The zero-order valence-electron chi connectivity index (χ0n) is 21.3. The lowest BCUT2D eigenvalue weighted by Gasteiger charge is -2.38. The largest absolute Gasteiger partial charge is 0.478 e. The van der Waals surface area contributed by atoms with Gasteiger partial charge in [-0.05, 0) is 12.5 Å². The molecule has 0 aromatic rings. The summed E-state index contributed by atoms with van der Waals surface area (Å²) in [4.78, 5) is 24.0. The molecular formula is C26H45FN2O6. The number of alkyl halides is 1. The number of hydrogen-bond acceptors (Lipinski definition) is 7. The van der Waals surface area contributed by atoms with Crippen LogP contribution in [0.4, 0.5) is 4.39 Å². The van der Waals surface area contributed by atoms with Gasteiger partial charge in [-0.25, -0.2) is 9.18 Å². The van der Waals surface area contributed by atoms with E-state index in [4.69, 9.17) is 20.0 Å². The van der Waals surface area contributed by atoms with E-state index < -0.39 is 48.8 Å². The highest BCUT2D eigenvalue weighted by Gasteiger charge is 2.44. The summed E-state index contributed by atoms with van der Waals surface area (Å²) in [6.07, 6.45) is 11.2. The zero-order chi connectivity index (χ0) is 26.1. The van der Waals surface area contributed by atoms with E-state index in [1.54, 1.807) is 0 Å². The molecule has 4 N–H and O–H groups in total. The molecule has 0 aromatic carbocycles. The Morgan fingerprint density at radius 2 is 1.66 bits per heavy atom. The van der Waals surface area contributed by atoms with Crippen molar-refractivity contribution < 1.29 is 33.7 Å². The number of aliphatic hydroxyl groups is 2. The molecular weight excluding hydrogens is 455 g/mol. The summed E-state index contributed by atoms with van der Waals surface area (Å²) < 4.78 is 25.5. The first-order chi connectivity index (χ1) is 16.8. The van der Waals surface area contributed by atoms with E-state index in [2.05, 4.69) is 12.2 Å². The molecule has 1 aliphatic heterocycles. The van der Waals surface area contributed by atoms with Gasteiger partial charge in [0.15, 0.2) is 12.3 Å². The Balaban J connectivity index is 2.42. The van der Waals surface area contributed by atoms with E-state index in [9.17, 15) is 19.1 Å². The topological polar surface area (TPSA) is 129 Å². The Morgan fingerprint density at radius 3 is 2.14 bits per heavy atom. The summed E-state index contributed by atoms with van der Waals surface area (Å²) in [5, 5.41) is 29.0. The third-order valence-corrected chi connectivity index (χ3v) is 6.24. The van der Waals surface area contributed by atoms with Crippen LogP contribution in [0.15, 0.2) is 11.8 Å². The van der Waals surface area contributed by atoms with Crippen LogP contribution in [0.25, 0.3) is 0 Å². The third-order valence-electron chi connectivity index (χ3n) is 6.24. The van der Waals surface area contributed by atoms with Crippen LogP contribution >= 0.6 is 0 Å². The summed E-state index contributed by atoms with van der Waals surface area (Å²) in [6, 6.07) is -1.02. The molecule has 1 amide bonds. The van der Waals surface area contributed by atoms with Gasteiger partial charge in [0, 0.05) is 19.1 Å². The number of nitrogens with one attached hydrogen (secondary N) is 2. The molecule has 1 aliphatic rings. The van der Waals surface area contributed by atoms with Crippen molar-refractivity contribution in [1.29, 1.82) is 5.41 Å². The van der Waals surface area contributed by atoms with Crippen LogP contribution < -0.4 is 5.32 Å². The molecule has 35 heavy (non-hydrogen) atoms. The molecule has 5 atom stereocenters. The highest BCUT2D eigenvalue weighted by molar-refractivity contribution is 5.87. The number of rotatable bonds is 19. The minimum Gasteiger partial charge on any atom is -0.478 e. The molecule has 5 unspecified atom stereocenters. The van der Waals surface area contributed by atoms with Crippen LogP contribution in [0.1, 0.15) is 90.9 Å². The van der Waals surface area contributed by atoms with Gasteiger partial charge in [0.05, 0.1) is 19.3 Å². The molecule has 202 valence electrons. The van der Waals surface area contributed by atoms with Crippen molar-refractivity contribution in [2.45, 2.75) is 115 Å². The van der Waals surface area contributed by atoms with Crippen LogP contribution in [-0.2, 0) is 19.1 Å². The number of carbonyl (C=O) groups excluding carboxylic acids is 2. The van der Waals surface area contributed by atoms with Gasteiger partial charge in [-0.2, -0.15) is 0 Å². The lowest BCUT2D eigenvalue weighted by Crippen LogP contribution is -2.57. The van der Waals surface area contributed by atoms with Crippen molar-refractivity contribution in [3.05, 3.63) is 11.8 Å². The minimum atomic E-state index is -2.09. The monoisotopic (exact) mass is 500 g/mol. The maximum atomic E-state index is 14.8. The third kappa shape index (κ3) is 12.0. The molecule has 0 aliphatic carbocycles. The molecule has 1 heterocycles. The van der Waals surface area contributed by atoms with Gasteiger partial charge < -0.3 is 30.4 Å². The van der Waals surface area contributed by atoms with Gasteiger partial charge in [0.2, 0.25) is 11.7 Å². The lowest BCUT2D eigenvalue weighted by atomic mass is 9.88. The van der Waals surface area contributed by atoms with Crippen molar-refractivity contribution >= 4 is 18.1 Å². The smallest absolute Gasteiger partial charge is 0.373 e. The molecule has 0 radical (unpaired) electrons. The van der Waals surface area contributed by atoms with Gasteiger partial charge >= 0.3 is 5.97 Å². The van der Waals surface area contributed by atoms with Crippen molar-refractivity contribution in [3.63, 3.8) is 0 Å². The first kappa shape index (κ1) is 31.0. The number of unbranched alkanes of at least 4 members (excludes halogenated alkanes) is 11. The van der Waals surface area contributed by atoms with Gasteiger partial charge in [-0.1, -0.05) is 77.6 Å². The van der Waals surface area contributed by atoms with Crippen molar-refractivity contribution in [3.8, 4) is 0 Å². The zero-order valence-corrected chi connectivity index (χ0v) is 21.3. The Morgan fingerprint density at radius 1 is 1.11 bits per heavy atom. The maximum Gasteiger partial charge on any atom is 0.373 e. The molecule has 0 saturated heterocycles. The first-order valence-electron chi connectivity index (χ1n) is 13.1. The van der Waals surface area contributed by atoms with Gasteiger partial charge in [-0.15, -0.1) is 0 Å². The number of halogens is 1. The number of ether oxygens (including phenoxy) is 2. The Hall–Kier alpha value is -2.00. The second-order valence-electron chi connectivity index (χ2n) is 9.30. The summed E-state index contributed by atoms with van der Waals surface area (Å²) in [6.45, 7) is 2.80. The van der Waals surface area contributed by atoms with Gasteiger partial charge in [-0.3, -0.25) is 4.79 Å². The average molecular weight is 501 g/mol. The number of esters is 1. The molecule has 0 saturated carbocycles. The Bertz CT molecular complexity index is 660. The average Bonchev–Trinajstić information content (AvgIpc) is 2.85. The maximum absolute atomic E-state index is 14.8. The number of carbonyl (C=O) groups is 2. The molecule has 0 spiro atoms. The fourth-order valence-electron chi connectivity index (χ4n) is 4.20. The highest BCUT2D eigenvalue weighted by atomic mass is 19.1. The summed E-state index contributed by atoms with van der Waals surface area (Å²) >= 11 is 0. The fourth-order valence-corrected chi connectivity index (χ4v) is 4.20. The molecule has 0 fully saturated rings. The summed E-state index contributed by atoms with van der Waals surface area (Å²) in [7, 11) is 0. The SMILES string of the molecule is CCCCCCCCCCCCCCOC(=O)C1=CC(C=N)C(NC(C)=O)C(C(F)C(O)CO)O1. The van der Waals surface area contributed by atoms with Crippen LogP contribution in [0, 0.1) is 11.3 Å². The van der Waals surface area contributed by atoms with E-state index in [-0.39, 0.29) is 12.4 Å². The van der Waals surface area contributed by atoms with Crippen LogP contribution in [0.3, 0.4) is 0 Å². The number of aliphatic hydroxyl groups excluding tert-OH is 2. The van der Waals surface area contributed by atoms with Gasteiger partial charge in [0.1, 0.15) is 6.10 Å². The molecule has 8 nitrogen and oxygen atoms in total. The van der Waals surface area contributed by atoms with E-state index >= 15 is 0 Å². The number of hydrogen-bond donors (Lipinski definition) is 4. The molecule has 0 bridgehead atoms. The lowest BCUT2D eigenvalue weighted by molar-refractivity contribution is -0.148. The Labute approximate surface area is 209 Å². The first-order valence-corrected chi connectivity index (χ1v) is 13.1. The Kier molecular flexibility index (Phi) is 16.2. The normalized spacial score (nSPS) is 21.4. The fraction of sp³-hybridized carbons (Fsp3) is 0.808. The van der Waals surface area contributed by atoms with E-state index in [1.807, 2.05) is 0 Å². The van der Waals surface area contributed by atoms with E-state index in [1.165, 1.54) is 64.4 Å². The van der Waals surface area contributed by atoms with Gasteiger partial charge in [0.25, 0.3) is 0 Å². The molecule has 0 aromatic heterocycles. The quantitative estimate of drug-likeness (QED) is 0.121. The second-order valence-corrected chi connectivity index (χ2v) is 9.30. The predicted molar refractivity (Wildman–Crippen MR) is 133 cm³/mol. The number of amides is 1. The van der Waals surface area contributed by atoms with Crippen LogP contribution in [-0.4, -0.2) is 65.9 Å². The van der Waals surface area contributed by atoms with Crippen molar-refractivity contribution in [1.82, 2.24) is 5.32 Å². The minimum absolute atomic E-state index is 0.199. The highest BCUT2D eigenvalue weighted by Crippen LogP contribution is 2.28. The van der Waals surface area contributed by atoms with Crippen molar-refractivity contribution in [2.75, 3.05) is 13.2 Å².